The van der Waals surface area contributed by atoms with E-state index >= 15 is 0 Å². The molecule has 3 rings (SSSR count). The zero-order valence-electron chi connectivity index (χ0n) is 12.1. The summed E-state index contributed by atoms with van der Waals surface area (Å²) >= 11 is 1.36. The van der Waals surface area contributed by atoms with Gasteiger partial charge in [-0.25, -0.2) is 4.39 Å². The molecule has 1 aliphatic rings. The SMILES string of the molecule is CN(CC1CCCCN1)C(=O)c1cc2ccc(F)cc2s1. The van der Waals surface area contributed by atoms with E-state index in [1.807, 2.05) is 13.1 Å². The molecule has 0 radical (unpaired) electrons. The van der Waals surface area contributed by atoms with Gasteiger partial charge in [-0.3, -0.25) is 4.79 Å². The van der Waals surface area contributed by atoms with Gasteiger partial charge in [0.05, 0.1) is 4.88 Å². The van der Waals surface area contributed by atoms with E-state index in [0.29, 0.717) is 10.9 Å². The van der Waals surface area contributed by atoms with Crippen LogP contribution in [0.2, 0.25) is 0 Å². The van der Waals surface area contributed by atoms with Crippen molar-refractivity contribution in [3.63, 3.8) is 0 Å². The Morgan fingerprint density at radius 2 is 2.29 bits per heavy atom. The molecule has 1 fully saturated rings. The predicted molar refractivity (Wildman–Crippen MR) is 84.4 cm³/mol. The molecule has 2 heterocycles. The molecule has 1 amide bonds. The van der Waals surface area contributed by atoms with Crippen molar-refractivity contribution in [1.29, 1.82) is 0 Å². The highest BCUT2D eigenvalue weighted by molar-refractivity contribution is 7.20. The number of benzene rings is 1. The minimum Gasteiger partial charge on any atom is -0.339 e. The Hall–Kier alpha value is -1.46. The highest BCUT2D eigenvalue weighted by Gasteiger charge is 2.20. The van der Waals surface area contributed by atoms with E-state index < -0.39 is 0 Å². The molecule has 0 aliphatic carbocycles. The van der Waals surface area contributed by atoms with Gasteiger partial charge in [0.2, 0.25) is 0 Å². The van der Waals surface area contributed by atoms with Gasteiger partial charge in [-0.15, -0.1) is 11.3 Å². The molecule has 112 valence electrons. The van der Waals surface area contributed by atoms with E-state index in [-0.39, 0.29) is 11.7 Å². The summed E-state index contributed by atoms with van der Waals surface area (Å²) in [6.45, 7) is 1.76. The fourth-order valence-electron chi connectivity index (χ4n) is 2.79. The van der Waals surface area contributed by atoms with Crippen LogP contribution >= 0.6 is 11.3 Å². The topological polar surface area (TPSA) is 32.3 Å². The number of carbonyl (C=O) groups is 1. The maximum Gasteiger partial charge on any atom is 0.263 e. The molecule has 0 saturated carbocycles. The largest absolute Gasteiger partial charge is 0.339 e. The number of thiophene rings is 1. The van der Waals surface area contributed by atoms with Crippen molar-refractivity contribution in [3.8, 4) is 0 Å². The summed E-state index contributed by atoms with van der Waals surface area (Å²) in [5.74, 6) is -0.243. The summed E-state index contributed by atoms with van der Waals surface area (Å²) in [5, 5.41) is 4.38. The van der Waals surface area contributed by atoms with Crippen molar-refractivity contribution >= 4 is 27.3 Å². The summed E-state index contributed by atoms with van der Waals surface area (Å²) in [5.41, 5.74) is 0. The molecule has 0 bridgehead atoms. The van der Waals surface area contributed by atoms with Crippen LogP contribution < -0.4 is 5.32 Å². The van der Waals surface area contributed by atoms with Gasteiger partial charge in [0, 0.05) is 24.3 Å². The second kappa shape index (κ2) is 6.12. The molecule has 2 aromatic rings. The average molecular weight is 306 g/mol. The molecule has 1 aromatic carbocycles. The van der Waals surface area contributed by atoms with Crippen LogP contribution in [-0.4, -0.2) is 37.0 Å². The fraction of sp³-hybridized carbons (Fsp3) is 0.438. The van der Waals surface area contributed by atoms with E-state index in [4.69, 9.17) is 0 Å². The first-order valence-electron chi connectivity index (χ1n) is 7.31. The lowest BCUT2D eigenvalue weighted by molar-refractivity contribution is 0.0780. The summed E-state index contributed by atoms with van der Waals surface area (Å²) in [7, 11) is 1.84. The average Bonchev–Trinajstić information content (AvgIpc) is 2.90. The number of fused-ring (bicyclic) bond motifs is 1. The summed E-state index contributed by atoms with van der Waals surface area (Å²) in [6.07, 6.45) is 3.56. The zero-order valence-corrected chi connectivity index (χ0v) is 12.9. The second-order valence-electron chi connectivity index (χ2n) is 5.63. The van der Waals surface area contributed by atoms with Gasteiger partial charge in [-0.2, -0.15) is 0 Å². The molecule has 1 unspecified atom stereocenters. The zero-order chi connectivity index (χ0) is 14.8. The van der Waals surface area contributed by atoms with Gasteiger partial charge in [0.1, 0.15) is 5.82 Å². The molecular weight excluding hydrogens is 287 g/mol. The fourth-order valence-corrected chi connectivity index (χ4v) is 3.87. The van der Waals surface area contributed by atoms with Gasteiger partial charge in [0.25, 0.3) is 5.91 Å². The maximum absolute atomic E-state index is 13.2. The number of hydrogen-bond acceptors (Lipinski definition) is 3. The van der Waals surface area contributed by atoms with Crippen molar-refractivity contribution in [3.05, 3.63) is 35.0 Å². The van der Waals surface area contributed by atoms with Crippen LogP contribution in [0.5, 0.6) is 0 Å². The van der Waals surface area contributed by atoms with Gasteiger partial charge < -0.3 is 10.2 Å². The van der Waals surface area contributed by atoms with Gasteiger partial charge in [-0.05, 0) is 43.0 Å². The number of nitrogens with zero attached hydrogens (tertiary/aromatic N) is 1. The van der Waals surface area contributed by atoms with Crippen LogP contribution in [-0.2, 0) is 0 Å². The molecule has 21 heavy (non-hydrogen) atoms. The van der Waals surface area contributed by atoms with Crippen molar-refractivity contribution < 1.29 is 9.18 Å². The molecule has 0 spiro atoms. The third-order valence-electron chi connectivity index (χ3n) is 3.95. The standard InChI is InChI=1S/C16H19FN2OS/c1-19(10-13-4-2-3-7-18-13)16(20)15-8-11-5-6-12(17)9-14(11)21-15/h5-6,8-9,13,18H,2-4,7,10H2,1H3. The van der Waals surface area contributed by atoms with Crippen LogP contribution in [0, 0.1) is 5.82 Å². The minimum absolute atomic E-state index is 0.0176. The molecule has 1 atom stereocenters. The van der Waals surface area contributed by atoms with Crippen LogP contribution in [0.4, 0.5) is 4.39 Å². The Morgan fingerprint density at radius 1 is 1.43 bits per heavy atom. The molecule has 3 nitrogen and oxygen atoms in total. The van der Waals surface area contributed by atoms with E-state index in [0.717, 1.165) is 29.6 Å². The van der Waals surface area contributed by atoms with Crippen LogP contribution in [0.1, 0.15) is 28.9 Å². The Kier molecular flexibility index (Phi) is 4.22. The second-order valence-corrected chi connectivity index (χ2v) is 6.71. The smallest absolute Gasteiger partial charge is 0.263 e. The Morgan fingerprint density at radius 3 is 3.05 bits per heavy atom. The van der Waals surface area contributed by atoms with Crippen LogP contribution in [0.15, 0.2) is 24.3 Å². The Balaban J connectivity index is 1.72. The summed E-state index contributed by atoms with van der Waals surface area (Å²) in [6, 6.07) is 6.88. The lowest BCUT2D eigenvalue weighted by atomic mass is 10.0. The quantitative estimate of drug-likeness (QED) is 0.944. The lowest BCUT2D eigenvalue weighted by Gasteiger charge is -2.28. The molecular formula is C16H19FN2OS. The predicted octanol–water partition coefficient (Wildman–Crippen LogP) is 3.25. The van der Waals surface area contributed by atoms with Crippen molar-refractivity contribution in [2.75, 3.05) is 20.1 Å². The number of carbonyl (C=O) groups excluding carboxylic acids is 1. The molecule has 1 aliphatic heterocycles. The van der Waals surface area contributed by atoms with E-state index in [1.54, 1.807) is 11.0 Å². The number of hydrogen-bond donors (Lipinski definition) is 1. The third-order valence-corrected chi connectivity index (χ3v) is 5.03. The maximum atomic E-state index is 13.2. The molecule has 5 heteroatoms. The molecule has 1 N–H and O–H groups in total. The van der Waals surface area contributed by atoms with Gasteiger partial charge in [-0.1, -0.05) is 12.5 Å². The number of amides is 1. The number of nitrogens with one attached hydrogen (secondary N) is 1. The van der Waals surface area contributed by atoms with E-state index in [9.17, 15) is 9.18 Å². The van der Waals surface area contributed by atoms with E-state index in [2.05, 4.69) is 5.32 Å². The van der Waals surface area contributed by atoms with Gasteiger partial charge in [0.15, 0.2) is 0 Å². The van der Waals surface area contributed by atoms with Crippen LogP contribution in [0.25, 0.3) is 10.1 Å². The third kappa shape index (κ3) is 3.24. The monoisotopic (exact) mass is 306 g/mol. The number of likely N-dealkylation sites (N-methyl/N-ethyl adjacent to an activating group) is 1. The number of halogens is 1. The summed E-state index contributed by atoms with van der Waals surface area (Å²) in [4.78, 5) is 14.9. The van der Waals surface area contributed by atoms with Gasteiger partial charge >= 0.3 is 0 Å². The first-order valence-corrected chi connectivity index (χ1v) is 8.13. The number of piperidine rings is 1. The summed E-state index contributed by atoms with van der Waals surface area (Å²) < 4.78 is 14.0. The van der Waals surface area contributed by atoms with Crippen LogP contribution in [0.3, 0.4) is 0 Å². The molecule has 1 saturated heterocycles. The lowest BCUT2D eigenvalue weighted by Crippen LogP contribution is -2.44. The molecule has 1 aromatic heterocycles. The van der Waals surface area contributed by atoms with Crippen molar-refractivity contribution in [2.45, 2.75) is 25.3 Å². The first-order chi connectivity index (χ1) is 10.1. The normalized spacial score (nSPS) is 18.9. The highest BCUT2D eigenvalue weighted by atomic mass is 32.1. The Bertz CT molecular complexity index is 649. The van der Waals surface area contributed by atoms with Crippen molar-refractivity contribution in [2.24, 2.45) is 0 Å². The van der Waals surface area contributed by atoms with E-state index in [1.165, 1.54) is 36.3 Å². The first kappa shape index (κ1) is 14.5. The Labute approximate surface area is 127 Å². The number of rotatable bonds is 3. The minimum atomic E-state index is -0.261. The highest BCUT2D eigenvalue weighted by Crippen LogP contribution is 2.27. The van der Waals surface area contributed by atoms with Crippen molar-refractivity contribution in [1.82, 2.24) is 10.2 Å².